The van der Waals surface area contributed by atoms with E-state index in [1.807, 2.05) is 0 Å². The lowest BCUT2D eigenvalue weighted by atomic mass is 10.2. The summed E-state index contributed by atoms with van der Waals surface area (Å²) >= 11 is 0. The molecule has 0 saturated carbocycles. The quantitative estimate of drug-likeness (QED) is 0.579. The Morgan fingerprint density at radius 2 is 2.50 bits per heavy atom. The highest BCUT2D eigenvalue weighted by molar-refractivity contribution is 4.71. The molecule has 3 nitrogen and oxygen atoms in total. The van der Waals surface area contributed by atoms with Crippen LogP contribution in [0, 0.1) is 0 Å². The van der Waals surface area contributed by atoms with Gasteiger partial charge in [0.05, 0.1) is 13.2 Å². The molecule has 1 N–H and O–H groups in total. The maximum absolute atomic E-state index is 8.65. The molecule has 0 radical (unpaired) electrons. The van der Waals surface area contributed by atoms with Crippen LogP contribution in [-0.2, 0) is 4.74 Å². The second-order valence-electron chi connectivity index (χ2n) is 2.72. The Morgan fingerprint density at radius 3 is 3.10 bits per heavy atom. The van der Waals surface area contributed by atoms with Gasteiger partial charge in [0.25, 0.3) is 0 Å². The van der Waals surface area contributed by atoms with Gasteiger partial charge in [0.15, 0.2) is 0 Å². The highest BCUT2D eigenvalue weighted by Crippen LogP contribution is 2.06. The van der Waals surface area contributed by atoms with E-state index in [2.05, 4.69) is 11.9 Å². The van der Waals surface area contributed by atoms with E-state index in [0.717, 1.165) is 26.2 Å². The third-order valence-electron chi connectivity index (χ3n) is 1.98. The van der Waals surface area contributed by atoms with Gasteiger partial charge in [-0.15, -0.1) is 0 Å². The summed E-state index contributed by atoms with van der Waals surface area (Å²) in [7, 11) is 2.07. The predicted octanol–water partition coefficient (Wildman–Crippen LogP) is -0.301. The fourth-order valence-electron chi connectivity index (χ4n) is 1.19. The molecule has 1 saturated heterocycles. The molecule has 0 amide bonds. The first kappa shape index (κ1) is 7.98. The van der Waals surface area contributed by atoms with E-state index < -0.39 is 0 Å². The zero-order valence-corrected chi connectivity index (χ0v) is 6.42. The van der Waals surface area contributed by atoms with E-state index in [0.29, 0.717) is 6.04 Å². The van der Waals surface area contributed by atoms with Gasteiger partial charge in [-0.2, -0.15) is 0 Å². The average molecular weight is 145 g/mol. The van der Waals surface area contributed by atoms with Crippen molar-refractivity contribution in [2.45, 2.75) is 12.5 Å². The molecule has 10 heavy (non-hydrogen) atoms. The minimum atomic E-state index is 0.262. The fourth-order valence-corrected chi connectivity index (χ4v) is 1.19. The van der Waals surface area contributed by atoms with E-state index in [1.54, 1.807) is 0 Å². The first-order valence-electron chi connectivity index (χ1n) is 3.73. The summed E-state index contributed by atoms with van der Waals surface area (Å²) in [5, 5.41) is 8.65. The Hall–Kier alpha value is -0.120. The number of aliphatic hydroxyl groups is 1. The lowest BCUT2D eigenvalue weighted by molar-refractivity contribution is -0.00251. The summed E-state index contributed by atoms with van der Waals surface area (Å²) in [5.74, 6) is 0. The van der Waals surface area contributed by atoms with Gasteiger partial charge in [0.1, 0.15) is 0 Å². The minimum absolute atomic E-state index is 0.262. The molecule has 60 valence electrons. The molecule has 0 aromatic carbocycles. The van der Waals surface area contributed by atoms with Crippen molar-refractivity contribution < 1.29 is 9.84 Å². The molecule has 0 aromatic heterocycles. The number of aliphatic hydroxyl groups excluding tert-OH is 1. The van der Waals surface area contributed by atoms with Crippen LogP contribution < -0.4 is 0 Å². The van der Waals surface area contributed by atoms with Crippen LogP contribution >= 0.6 is 0 Å². The SMILES string of the molecule is CN1CCOC[C@@H]1CCO. The molecule has 1 aliphatic rings. The van der Waals surface area contributed by atoms with Crippen molar-refractivity contribution in [1.82, 2.24) is 4.90 Å². The summed E-state index contributed by atoms with van der Waals surface area (Å²) in [4.78, 5) is 2.24. The molecule has 0 spiro atoms. The smallest absolute Gasteiger partial charge is 0.0623 e. The van der Waals surface area contributed by atoms with Crippen LogP contribution in [0.15, 0.2) is 0 Å². The lowest BCUT2D eigenvalue weighted by Gasteiger charge is -2.31. The van der Waals surface area contributed by atoms with Crippen molar-refractivity contribution in [2.75, 3.05) is 33.4 Å². The summed E-state index contributed by atoms with van der Waals surface area (Å²) in [5.41, 5.74) is 0. The van der Waals surface area contributed by atoms with Crippen LogP contribution in [0.5, 0.6) is 0 Å². The molecular weight excluding hydrogens is 130 g/mol. The number of hydrogen-bond donors (Lipinski definition) is 1. The molecular formula is C7H15NO2. The molecule has 1 aliphatic heterocycles. The van der Waals surface area contributed by atoms with Gasteiger partial charge >= 0.3 is 0 Å². The van der Waals surface area contributed by atoms with Gasteiger partial charge < -0.3 is 9.84 Å². The van der Waals surface area contributed by atoms with Gasteiger partial charge in [-0.25, -0.2) is 0 Å². The van der Waals surface area contributed by atoms with Crippen molar-refractivity contribution in [1.29, 1.82) is 0 Å². The standard InChI is InChI=1S/C7H15NO2/c1-8-3-5-10-6-7(8)2-4-9/h7,9H,2-6H2,1H3/t7-/m0/s1. The second kappa shape index (κ2) is 3.91. The number of rotatable bonds is 2. The van der Waals surface area contributed by atoms with E-state index in [4.69, 9.17) is 9.84 Å². The molecule has 0 bridgehead atoms. The molecule has 0 aliphatic carbocycles. The van der Waals surface area contributed by atoms with E-state index in [1.165, 1.54) is 0 Å². The van der Waals surface area contributed by atoms with Gasteiger partial charge in [-0.1, -0.05) is 0 Å². The molecule has 1 fully saturated rings. The Labute approximate surface area is 61.6 Å². The number of morpholine rings is 1. The Kier molecular flexibility index (Phi) is 3.12. The highest BCUT2D eigenvalue weighted by Gasteiger charge is 2.17. The van der Waals surface area contributed by atoms with E-state index in [-0.39, 0.29) is 6.61 Å². The topological polar surface area (TPSA) is 32.7 Å². The van der Waals surface area contributed by atoms with Crippen molar-refractivity contribution in [3.63, 3.8) is 0 Å². The fraction of sp³-hybridized carbons (Fsp3) is 1.00. The van der Waals surface area contributed by atoms with E-state index in [9.17, 15) is 0 Å². The van der Waals surface area contributed by atoms with Crippen molar-refractivity contribution in [3.05, 3.63) is 0 Å². The van der Waals surface area contributed by atoms with Gasteiger partial charge in [0, 0.05) is 19.2 Å². The predicted molar refractivity (Wildman–Crippen MR) is 38.9 cm³/mol. The van der Waals surface area contributed by atoms with Gasteiger partial charge in [-0.3, -0.25) is 4.90 Å². The zero-order chi connectivity index (χ0) is 7.40. The Morgan fingerprint density at radius 1 is 1.70 bits per heavy atom. The molecule has 3 heteroatoms. The third kappa shape index (κ3) is 1.94. The number of ether oxygens (including phenoxy) is 1. The van der Waals surface area contributed by atoms with Gasteiger partial charge in [0.2, 0.25) is 0 Å². The van der Waals surface area contributed by atoms with Gasteiger partial charge in [-0.05, 0) is 13.5 Å². The Bertz CT molecular complexity index is 95.6. The summed E-state index contributed by atoms with van der Waals surface area (Å²) in [6, 6.07) is 0.429. The number of hydrogen-bond acceptors (Lipinski definition) is 3. The largest absolute Gasteiger partial charge is 0.396 e. The molecule has 1 rings (SSSR count). The normalized spacial score (nSPS) is 28.8. The minimum Gasteiger partial charge on any atom is -0.396 e. The molecule has 0 aromatic rings. The monoisotopic (exact) mass is 145 g/mol. The van der Waals surface area contributed by atoms with Crippen LogP contribution in [0.25, 0.3) is 0 Å². The third-order valence-corrected chi connectivity index (χ3v) is 1.98. The van der Waals surface area contributed by atoms with Crippen LogP contribution in [0.3, 0.4) is 0 Å². The van der Waals surface area contributed by atoms with Crippen molar-refractivity contribution in [3.8, 4) is 0 Å². The second-order valence-corrected chi connectivity index (χ2v) is 2.72. The molecule has 1 atom stereocenters. The van der Waals surface area contributed by atoms with Crippen LogP contribution in [-0.4, -0.2) is 49.5 Å². The maximum atomic E-state index is 8.65. The Balaban J connectivity index is 2.25. The van der Waals surface area contributed by atoms with Crippen molar-refractivity contribution >= 4 is 0 Å². The summed E-state index contributed by atoms with van der Waals surface area (Å²) in [6.07, 6.45) is 0.830. The average Bonchev–Trinajstić information content (AvgIpc) is 1.94. The van der Waals surface area contributed by atoms with Crippen LogP contribution in [0.1, 0.15) is 6.42 Å². The highest BCUT2D eigenvalue weighted by atomic mass is 16.5. The zero-order valence-electron chi connectivity index (χ0n) is 6.42. The van der Waals surface area contributed by atoms with Crippen molar-refractivity contribution in [2.24, 2.45) is 0 Å². The molecule has 0 unspecified atom stereocenters. The first-order chi connectivity index (χ1) is 4.84. The number of likely N-dealkylation sites (N-methyl/N-ethyl adjacent to an activating group) is 1. The van der Waals surface area contributed by atoms with Crippen LogP contribution in [0.4, 0.5) is 0 Å². The van der Waals surface area contributed by atoms with Crippen LogP contribution in [0.2, 0.25) is 0 Å². The maximum Gasteiger partial charge on any atom is 0.0623 e. The molecule has 1 heterocycles. The summed E-state index contributed by atoms with van der Waals surface area (Å²) < 4.78 is 5.25. The first-order valence-corrected chi connectivity index (χ1v) is 3.73. The lowest BCUT2D eigenvalue weighted by Crippen LogP contribution is -2.43. The number of nitrogens with zero attached hydrogens (tertiary/aromatic N) is 1. The van der Waals surface area contributed by atoms with E-state index >= 15 is 0 Å². The summed E-state index contributed by atoms with van der Waals surface area (Å²) in [6.45, 7) is 2.86.